The van der Waals surface area contributed by atoms with Crippen LogP contribution in [0.25, 0.3) is 0 Å². The third-order valence-electron chi connectivity index (χ3n) is 6.08. The predicted molar refractivity (Wildman–Crippen MR) is 122 cm³/mol. The van der Waals surface area contributed by atoms with Crippen molar-refractivity contribution in [1.82, 2.24) is 31.5 Å². The van der Waals surface area contributed by atoms with Crippen LogP contribution in [0.15, 0.2) is 9.98 Å². The van der Waals surface area contributed by atoms with Crippen LogP contribution in [-0.2, 0) is 9.59 Å². The summed E-state index contributed by atoms with van der Waals surface area (Å²) in [6.07, 6.45) is 5.86. The highest BCUT2D eigenvalue weighted by Gasteiger charge is 2.24. The molecule has 0 aromatic carbocycles. The fourth-order valence-corrected chi connectivity index (χ4v) is 4.03. The molecule has 0 saturated carbocycles. The molecule has 4 aliphatic rings. The summed E-state index contributed by atoms with van der Waals surface area (Å²) in [4.78, 5) is 34.5. The maximum Gasteiger partial charge on any atom is 0.229 e. The van der Waals surface area contributed by atoms with Crippen LogP contribution in [0.3, 0.4) is 0 Å². The van der Waals surface area contributed by atoms with E-state index in [4.69, 9.17) is 0 Å². The van der Waals surface area contributed by atoms with E-state index in [0.29, 0.717) is 11.9 Å². The average molecular weight is 435 g/mol. The molecule has 31 heavy (non-hydrogen) atoms. The van der Waals surface area contributed by atoms with E-state index in [1.54, 1.807) is 0 Å². The molecule has 10 heteroatoms. The van der Waals surface area contributed by atoms with Crippen molar-refractivity contribution >= 4 is 23.7 Å². The van der Waals surface area contributed by atoms with E-state index in [-0.39, 0.29) is 23.7 Å². The summed E-state index contributed by atoms with van der Waals surface area (Å²) in [5.41, 5.74) is 0. The lowest BCUT2D eigenvalue weighted by Gasteiger charge is -2.28. The molecule has 0 aromatic heterocycles. The minimum atomic E-state index is 0.115. The lowest BCUT2D eigenvalue weighted by atomic mass is 9.96. The Morgan fingerprint density at radius 3 is 1.74 bits per heavy atom. The van der Waals surface area contributed by atoms with Gasteiger partial charge in [-0.25, -0.2) is 0 Å². The van der Waals surface area contributed by atoms with Gasteiger partial charge >= 0.3 is 0 Å². The normalized spacial score (nSPS) is 23.1. The first-order valence-electron chi connectivity index (χ1n) is 11.7. The second kappa shape index (κ2) is 12.6. The molecule has 0 unspecified atom stereocenters. The van der Waals surface area contributed by atoms with Crippen LogP contribution in [-0.4, -0.2) is 88.0 Å². The summed E-state index contributed by atoms with van der Waals surface area (Å²) in [7, 11) is 2.10. The molecule has 0 atom stereocenters. The zero-order valence-electron chi connectivity index (χ0n) is 18.7. The van der Waals surface area contributed by atoms with E-state index in [9.17, 15) is 9.59 Å². The number of hydrogen-bond donors (Lipinski definition) is 5. The second-order valence-corrected chi connectivity index (χ2v) is 8.60. The Morgan fingerprint density at radius 2 is 1.29 bits per heavy atom. The van der Waals surface area contributed by atoms with Crippen LogP contribution < -0.4 is 26.6 Å². The maximum atomic E-state index is 11.9. The van der Waals surface area contributed by atoms with Crippen molar-refractivity contribution in [3.05, 3.63) is 0 Å². The van der Waals surface area contributed by atoms with Gasteiger partial charge in [-0.1, -0.05) is 0 Å². The van der Waals surface area contributed by atoms with Crippen molar-refractivity contribution in [3.63, 3.8) is 0 Å². The van der Waals surface area contributed by atoms with Crippen molar-refractivity contribution in [3.8, 4) is 0 Å². The number of hydrogen-bond acceptors (Lipinski definition) is 8. The summed E-state index contributed by atoms with van der Waals surface area (Å²) < 4.78 is 0. The van der Waals surface area contributed by atoms with Gasteiger partial charge in [-0.2, -0.15) is 0 Å². The van der Waals surface area contributed by atoms with E-state index in [1.165, 1.54) is 0 Å². The monoisotopic (exact) mass is 434 g/mol. The first kappa shape index (κ1) is 23.5. The van der Waals surface area contributed by atoms with Gasteiger partial charge in [-0.3, -0.25) is 30.2 Å². The lowest BCUT2D eigenvalue weighted by Crippen LogP contribution is -2.47. The molecule has 5 N–H and O–H groups in total. The molecular weight excluding hydrogens is 396 g/mol. The SMILES string of the molecule is CN1CCC(C(=O)NC2=NCCCN2)CC1.O=C(NC1=NCCCN1)C1CCNCC1. The van der Waals surface area contributed by atoms with Crippen molar-refractivity contribution < 1.29 is 9.59 Å². The van der Waals surface area contributed by atoms with Crippen molar-refractivity contribution in [2.75, 3.05) is 59.4 Å². The Morgan fingerprint density at radius 1 is 0.806 bits per heavy atom. The molecule has 0 aromatic rings. The highest BCUT2D eigenvalue weighted by Crippen LogP contribution is 2.15. The summed E-state index contributed by atoms with van der Waals surface area (Å²) in [5.74, 6) is 1.87. The van der Waals surface area contributed by atoms with E-state index >= 15 is 0 Å². The van der Waals surface area contributed by atoms with Crippen LogP contribution in [0.2, 0.25) is 0 Å². The molecular formula is C21H38N8O2. The van der Waals surface area contributed by atoms with Gasteiger partial charge in [0.2, 0.25) is 11.8 Å². The average Bonchev–Trinajstić information content (AvgIpc) is 2.82. The van der Waals surface area contributed by atoms with Gasteiger partial charge in [0.05, 0.1) is 0 Å². The van der Waals surface area contributed by atoms with Crippen molar-refractivity contribution in [2.24, 2.45) is 21.8 Å². The molecule has 174 valence electrons. The highest BCUT2D eigenvalue weighted by atomic mass is 16.2. The van der Waals surface area contributed by atoms with Gasteiger partial charge in [-0.15, -0.1) is 0 Å². The van der Waals surface area contributed by atoms with E-state index in [1.807, 2.05) is 0 Å². The number of carbonyl (C=O) groups is 2. The van der Waals surface area contributed by atoms with E-state index in [2.05, 4.69) is 48.5 Å². The molecule has 0 bridgehead atoms. The summed E-state index contributed by atoms with van der Waals surface area (Å²) in [6.45, 7) is 7.36. The van der Waals surface area contributed by atoms with Crippen LogP contribution in [0.5, 0.6) is 0 Å². The third kappa shape index (κ3) is 8.10. The number of nitrogens with zero attached hydrogens (tertiary/aromatic N) is 3. The minimum Gasteiger partial charge on any atom is -0.356 e. The zero-order valence-corrected chi connectivity index (χ0v) is 18.7. The number of carbonyl (C=O) groups excluding carboxylic acids is 2. The van der Waals surface area contributed by atoms with Crippen LogP contribution >= 0.6 is 0 Å². The van der Waals surface area contributed by atoms with Gasteiger partial charge in [-0.05, 0) is 71.8 Å². The molecule has 10 nitrogen and oxygen atoms in total. The molecule has 4 aliphatic heterocycles. The molecule has 2 amide bonds. The van der Waals surface area contributed by atoms with Crippen LogP contribution in [0.1, 0.15) is 38.5 Å². The maximum absolute atomic E-state index is 11.9. The van der Waals surface area contributed by atoms with Gasteiger partial charge in [0.25, 0.3) is 0 Å². The number of rotatable bonds is 2. The minimum absolute atomic E-state index is 0.115. The van der Waals surface area contributed by atoms with Crippen LogP contribution in [0, 0.1) is 11.8 Å². The highest BCUT2D eigenvalue weighted by molar-refractivity contribution is 5.98. The number of nitrogens with one attached hydrogen (secondary N) is 5. The largest absolute Gasteiger partial charge is 0.356 e. The Hall–Kier alpha value is -2.20. The smallest absolute Gasteiger partial charge is 0.229 e. The lowest BCUT2D eigenvalue weighted by molar-refractivity contribution is -0.125. The van der Waals surface area contributed by atoms with E-state index in [0.717, 1.165) is 90.9 Å². The molecule has 4 heterocycles. The Balaban J connectivity index is 0.000000176. The number of amides is 2. The molecule has 0 aliphatic carbocycles. The number of piperidine rings is 2. The molecule has 0 spiro atoms. The first-order valence-corrected chi connectivity index (χ1v) is 11.7. The van der Waals surface area contributed by atoms with Gasteiger partial charge in [0, 0.05) is 38.0 Å². The fraction of sp³-hybridized carbons (Fsp3) is 0.810. The summed E-state index contributed by atoms with van der Waals surface area (Å²) in [5, 5.41) is 15.2. The first-order chi connectivity index (χ1) is 15.1. The summed E-state index contributed by atoms with van der Waals surface area (Å²) in [6, 6.07) is 0. The van der Waals surface area contributed by atoms with Gasteiger partial charge in [0.1, 0.15) is 0 Å². The standard InChI is InChI=1S/C11H20N4O.C10H18N4O/c1-15-7-3-9(4-8-15)10(16)14-11-12-5-2-6-13-11;15-9(8-2-6-11-7-3-8)14-10-12-4-1-5-13-10/h9H,2-8H2,1H3,(H2,12,13,14,16);8,11H,1-7H2,(H2,12,13,14,15). The Bertz CT molecular complexity index is 652. The fourth-order valence-electron chi connectivity index (χ4n) is 4.03. The summed E-state index contributed by atoms with van der Waals surface area (Å²) >= 11 is 0. The number of likely N-dealkylation sites (tertiary alicyclic amines) is 1. The quantitative estimate of drug-likeness (QED) is 0.390. The second-order valence-electron chi connectivity index (χ2n) is 8.60. The molecule has 2 saturated heterocycles. The zero-order chi connectivity index (χ0) is 21.9. The van der Waals surface area contributed by atoms with Gasteiger partial charge in [0.15, 0.2) is 11.9 Å². The number of guanidine groups is 2. The Labute approximate surface area is 185 Å². The van der Waals surface area contributed by atoms with Crippen LogP contribution in [0.4, 0.5) is 0 Å². The molecule has 0 radical (unpaired) electrons. The van der Waals surface area contributed by atoms with E-state index < -0.39 is 0 Å². The third-order valence-corrected chi connectivity index (χ3v) is 6.08. The van der Waals surface area contributed by atoms with Gasteiger partial charge < -0.3 is 20.9 Å². The Kier molecular flexibility index (Phi) is 9.54. The topological polar surface area (TPSA) is 122 Å². The molecule has 2 fully saturated rings. The predicted octanol–water partition coefficient (Wildman–Crippen LogP) is -0.755. The van der Waals surface area contributed by atoms with Crippen molar-refractivity contribution in [1.29, 1.82) is 0 Å². The molecule has 4 rings (SSSR count). The van der Waals surface area contributed by atoms with Crippen molar-refractivity contribution in [2.45, 2.75) is 38.5 Å². The number of aliphatic imine (C=N–C) groups is 2.